The SMILES string of the molecule is CC1C(C(=O)NCCN2CCOCC2)N(C(=O)c2ccc(-c3ccncc3)cc2)CCN1S(=O)(=O)c1ccc2cc(Cl)ccc2c1. The Morgan fingerprint density at radius 3 is 2.30 bits per heavy atom. The van der Waals surface area contributed by atoms with E-state index in [9.17, 15) is 18.0 Å². The van der Waals surface area contributed by atoms with Gasteiger partial charge in [0.15, 0.2) is 0 Å². The van der Waals surface area contributed by atoms with E-state index in [0.717, 1.165) is 35.0 Å². The first-order valence-corrected chi connectivity index (χ1v) is 17.1. The van der Waals surface area contributed by atoms with Crippen molar-refractivity contribution in [1.29, 1.82) is 0 Å². The van der Waals surface area contributed by atoms with Crippen LogP contribution in [0.2, 0.25) is 5.02 Å². The molecule has 2 atom stereocenters. The van der Waals surface area contributed by atoms with Gasteiger partial charge in [0.25, 0.3) is 5.91 Å². The lowest BCUT2D eigenvalue weighted by atomic mass is 10.0. The molecular weight excluding hydrogens is 626 g/mol. The van der Waals surface area contributed by atoms with Gasteiger partial charge >= 0.3 is 0 Å². The van der Waals surface area contributed by atoms with Crippen molar-refractivity contribution in [3.8, 4) is 11.1 Å². The number of halogens is 1. The molecule has 0 spiro atoms. The van der Waals surface area contributed by atoms with E-state index in [1.165, 1.54) is 9.21 Å². The standard InChI is InChI=1S/C34H36ClN5O5S/c1-24-32(33(41)37-14-15-38-18-20-45-21-19-38)39(34(42)27-4-2-25(3-5-27)26-10-12-36-13-11-26)16-17-40(24)46(43,44)31-9-7-28-22-30(35)8-6-29(28)23-31/h2-13,22-24,32H,14-21H2,1H3,(H,37,41). The Kier molecular flexibility index (Phi) is 9.67. The van der Waals surface area contributed by atoms with Crippen LogP contribution in [0.15, 0.2) is 90.1 Å². The second-order valence-electron chi connectivity index (χ2n) is 11.5. The Bertz CT molecular complexity index is 1820. The van der Waals surface area contributed by atoms with Gasteiger partial charge in [0.1, 0.15) is 6.04 Å². The van der Waals surface area contributed by atoms with E-state index >= 15 is 0 Å². The van der Waals surface area contributed by atoms with E-state index in [2.05, 4.69) is 15.2 Å². The lowest BCUT2D eigenvalue weighted by Crippen LogP contribution is -2.66. The Morgan fingerprint density at radius 2 is 1.57 bits per heavy atom. The van der Waals surface area contributed by atoms with Crippen LogP contribution in [0, 0.1) is 0 Å². The van der Waals surface area contributed by atoms with Crippen molar-refractivity contribution in [3.05, 3.63) is 95.8 Å². The van der Waals surface area contributed by atoms with Gasteiger partial charge in [-0.1, -0.05) is 35.9 Å². The van der Waals surface area contributed by atoms with Gasteiger partial charge in [-0.25, -0.2) is 8.42 Å². The first kappa shape index (κ1) is 32.1. The zero-order valence-electron chi connectivity index (χ0n) is 25.5. The maximum atomic E-state index is 14.1. The third-order valence-electron chi connectivity index (χ3n) is 8.69. The highest BCUT2D eigenvalue weighted by Crippen LogP contribution is 2.30. The number of amides is 2. The number of carbonyl (C=O) groups is 2. The fraction of sp³-hybridized carbons (Fsp3) is 0.324. The molecule has 1 aromatic heterocycles. The van der Waals surface area contributed by atoms with Crippen molar-refractivity contribution in [1.82, 2.24) is 24.4 Å². The van der Waals surface area contributed by atoms with Gasteiger partial charge in [0, 0.05) is 62.2 Å². The van der Waals surface area contributed by atoms with Gasteiger partial charge < -0.3 is 15.0 Å². The van der Waals surface area contributed by atoms with Gasteiger partial charge in [-0.3, -0.25) is 19.5 Å². The minimum atomic E-state index is -4.01. The summed E-state index contributed by atoms with van der Waals surface area (Å²) in [5, 5.41) is 5.10. The number of aromatic nitrogens is 1. The summed E-state index contributed by atoms with van der Waals surface area (Å²) >= 11 is 6.13. The molecule has 10 nitrogen and oxygen atoms in total. The molecule has 3 heterocycles. The Morgan fingerprint density at radius 1 is 0.891 bits per heavy atom. The molecule has 4 aromatic rings. The largest absolute Gasteiger partial charge is 0.379 e. The molecule has 2 saturated heterocycles. The molecule has 2 unspecified atom stereocenters. The highest BCUT2D eigenvalue weighted by molar-refractivity contribution is 7.89. The molecule has 0 aliphatic carbocycles. The molecule has 2 aliphatic rings. The van der Waals surface area contributed by atoms with Crippen LogP contribution in [0.25, 0.3) is 21.9 Å². The summed E-state index contributed by atoms with van der Waals surface area (Å²) in [6.07, 6.45) is 3.41. The summed E-state index contributed by atoms with van der Waals surface area (Å²) < 4.78 is 34.9. The second kappa shape index (κ2) is 13.9. The van der Waals surface area contributed by atoms with Gasteiger partial charge in [0.05, 0.1) is 24.2 Å². The molecule has 2 fully saturated rings. The minimum absolute atomic E-state index is 0.0422. The number of hydrogen-bond donors (Lipinski definition) is 1. The molecular formula is C34H36ClN5O5S. The summed E-state index contributed by atoms with van der Waals surface area (Å²) in [6.45, 7) is 5.62. The first-order valence-electron chi connectivity index (χ1n) is 15.3. The minimum Gasteiger partial charge on any atom is -0.379 e. The normalized spacial score (nSPS) is 19.7. The molecule has 240 valence electrons. The number of carbonyl (C=O) groups excluding carboxylic acids is 2. The molecule has 12 heteroatoms. The van der Waals surface area contributed by atoms with Crippen LogP contribution in [0.5, 0.6) is 0 Å². The summed E-state index contributed by atoms with van der Waals surface area (Å²) in [7, 11) is -4.01. The van der Waals surface area contributed by atoms with Gasteiger partial charge in [-0.2, -0.15) is 4.31 Å². The van der Waals surface area contributed by atoms with E-state index in [1.54, 1.807) is 67.8 Å². The van der Waals surface area contributed by atoms with Crippen LogP contribution in [-0.2, 0) is 19.6 Å². The maximum Gasteiger partial charge on any atom is 0.254 e. The van der Waals surface area contributed by atoms with E-state index in [4.69, 9.17) is 16.3 Å². The number of hydrogen-bond acceptors (Lipinski definition) is 7. The molecule has 2 amide bonds. The van der Waals surface area contributed by atoms with Crippen LogP contribution in [0.4, 0.5) is 0 Å². The number of benzene rings is 3. The van der Waals surface area contributed by atoms with Crippen LogP contribution in [0.1, 0.15) is 17.3 Å². The fourth-order valence-electron chi connectivity index (χ4n) is 6.17. The average molecular weight is 662 g/mol. The molecule has 0 radical (unpaired) electrons. The van der Waals surface area contributed by atoms with Gasteiger partial charge in [-0.05, 0) is 77.4 Å². The van der Waals surface area contributed by atoms with Gasteiger partial charge in [-0.15, -0.1) is 0 Å². The number of fused-ring (bicyclic) bond motifs is 1. The van der Waals surface area contributed by atoms with Crippen molar-refractivity contribution in [2.75, 3.05) is 52.5 Å². The molecule has 0 bridgehead atoms. The summed E-state index contributed by atoms with van der Waals surface area (Å²) in [5.41, 5.74) is 2.31. The third kappa shape index (κ3) is 6.79. The fourth-order valence-corrected chi connectivity index (χ4v) is 8.01. The van der Waals surface area contributed by atoms with Crippen LogP contribution in [-0.4, -0.2) is 104 Å². The Labute approximate surface area is 274 Å². The zero-order chi connectivity index (χ0) is 32.3. The topological polar surface area (TPSA) is 112 Å². The van der Waals surface area contributed by atoms with Crippen molar-refractivity contribution in [3.63, 3.8) is 0 Å². The number of ether oxygens (including phenoxy) is 1. The lowest BCUT2D eigenvalue weighted by Gasteiger charge is -2.44. The lowest BCUT2D eigenvalue weighted by molar-refractivity contribution is -0.128. The van der Waals surface area contributed by atoms with Crippen molar-refractivity contribution >= 4 is 44.2 Å². The van der Waals surface area contributed by atoms with E-state index in [0.29, 0.717) is 36.9 Å². The maximum absolute atomic E-state index is 14.1. The van der Waals surface area contributed by atoms with E-state index < -0.39 is 28.0 Å². The van der Waals surface area contributed by atoms with Crippen molar-refractivity contribution in [2.45, 2.75) is 23.9 Å². The number of sulfonamides is 1. The highest BCUT2D eigenvalue weighted by Gasteiger charge is 2.45. The molecule has 46 heavy (non-hydrogen) atoms. The van der Waals surface area contributed by atoms with E-state index in [-0.39, 0.29) is 23.9 Å². The predicted octanol–water partition coefficient (Wildman–Crippen LogP) is 3.91. The smallest absolute Gasteiger partial charge is 0.254 e. The number of piperazine rings is 1. The van der Waals surface area contributed by atoms with Crippen LogP contribution >= 0.6 is 11.6 Å². The number of pyridine rings is 1. The molecule has 0 saturated carbocycles. The third-order valence-corrected chi connectivity index (χ3v) is 10.9. The van der Waals surface area contributed by atoms with E-state index in [1.807, 2.05) is 24.3 Å². The average Bonchev–Trinajstić information content (AvgIpc) is 3.08. The second-order valence-corrected chi connectivity index (χ2v) is 13.8. The number of nitrogens with zero attached hydrogens (tertiary/aromatic N) is 4. The number of morpholine rings is 1. The Balaban J connectivity index is 1.26. The first-order chi connectivity index (χ1) is 22.2. The molecule has 6 rings (SSSR count). The zero-order valence-corrected chi connectivity index (χ0v) is 27.1. The quantitative estimate of drug-likeness (QED) is 0.305. The van der Waals surface area contributed by atoms with Crippen molar-refractivity contribution < 1.29 is 22.7 Å². The van der Waals surface area contributed by atoms with Gasteiger partial charge in [0.2, 0.25) is 15.9 Å². The summed E-state index contributed by atoms with van der Waals surface area (Å²) in [6, 6.07) is 19.3. The summed E-state index contributed by atoms with van der Waals surface area (Å²) in [5.74, 6) is -0.725. The monoisotopic (exact) mass is 661 g/mol. The number of rotatable bonds is 8. The molecule has 1 N–H and O–H groups in total. The molecule has 3 aromatic carbocycles. The summed E-state index contributed by atoms with van der Waals surface area (Å²) in [4.78, 5) is 35.7. The molecule has 2 aliphatic heterocycles. The van der Waals surface area contributed by atoms with Crippen LogP contribution < -0.4 is 5.32 Å². The predicted molar refractivity (Wildman–Crippen MR) is 177 cm³/mol. The van der Waals surface area contributed by atoms with Crippen molar-refractivity contribution in [2.24, 2.45) is 0 Å². The number of nitrogens with one attached hydrogen (secondary N) is 1. The highest BCUT2D eigenvalue weighted by atomic mass is 35.5. The Hall–Kier alpha value is -3.87. The van der Waals surface area contributed by atoms with Crippen LogP contribution in [0.3, 0.4) is 0 Å².